The molecular weight excluding hydrogens is 345 g/mol. The Balaban J connectivity index is 1.53. The molecule has 0 aliphatic carbocycles. The molecule has 0 aliphatic heterocycles. The summed E-state index contributed by atoms with van der Waals surface area (Å²) >= 11 is 5.95. The van der Waals surface area contributed by atoms with E-state index in [1.54, 1.807) is 34.9 Å². The molecule has 25 heavy (non-hydrogen) atoms. The van der Waals surface area contributed by atoms with Crippen LogP contribution in [0.5, 0.6) is 5.75 Å². The standard InChI is InChI=1S/C18H17ClFN3O2/c1-23-15-9-8-12(19)11-14(15)21-18(23)22-17(24)7-4-10-25-16-6-3-2-5-13(16)20/h2-3,5-6,8-9,11H,4,7,10H2,1H3,(H,21,22,24). The maximum absolute atomic E-state index is 13.4. The first-order chi connectivity index (χ1) is 12.0. The number of benzene rings is 2. The number of amides is 1. The molecular formula is C18H17ClFN3O2. The van der Waals surface area contributed by atoms with Gasteiger partial charge in [0.2, 0.25) is 11.9 Å². The van der Waals surface area contributed by atoms with Crippen molar-refractivity contribution in [3.05, 3.63) is 53.3 Å². The predicted octanol–water partition coefficient (Wildman–Crippen LogP) is 4.16. The van der Waals surface area contributed by atoms with E-state index in [-0.39, 0.29) is 24.7 Å². The summed E-state index contributed by atoms with van der Waals surface area (Å²) in [6.45, 7) is 0.256. The van der Waals surface area contributed by atoms with Gasteiger partial charge in [0, 0.05) is 18.5 Å². The fraction of sp³-hybridized carbons (Fsp3) is 0.222. The summed E-state index contributed by atoms with van der Waals surface area (Å²) in [7, 11) is 1.82. The third-order valence-corrected chi connectivity index (χ3v) is 3.97. The van der Waals surface area contributed by atoms with Crippen LogP contribution >= 0.6 is 11.6 Å². The summed E-state index contributed by atoms with van der Waals surface area (Å²) in [5.41, 5.74) is 1.59. The number of ether oxygens (including phenoxy) is 1. The predicted molar refractivity (Wildman–Crippen MR) is 95.5 cm³/mol. The fourth-order valence-electron chi connectivity index (χ4n) is 2.45. The van der Waals surface area contributed by atoms with Gasteiger partial charge in [0.05, 0.1) is 17.6 Å². The zero-order valence-electron chi connectivity index (χ0n) is 13.6. The minimum atomic E-state index is -0.412. The number of imidazole rings is 1. The van der Waals surface area contributed by atoms with Crippen LogP contribution in [0.15, 0.2) is 42.5 Å². The minimum Gasteiger partial charge on any atom is -0.491 e. The lowest BCUT2D eigenvalue weighted by Crippen LogP contribution is -2.15. The van der Waals surface area contributed by atoms with Gasteiger partial charge in [-0.1, -0.05) is 23.7 Å². The Morgan fingerprint density at radius 2 is 2.12 bits per heavy atom. The highest BCUT2D eigenvalue weighted by molar-refractivity contribution is 6.31. The van der Waals surface area contributed by atoms with Crippen LogP contribution in [-0.2, 0) is 11.8 Å². The molecule has 7 heteroatoms. The first-order valence-electron chi connectivity index (χ1n) is 7.84. The second-order valence-corrected chi connectivity index (χ2v) is 5.99. The van der Waals surface area contributed by atoms with Gasteiger partial charge in [-0.25, -0.2) is 9.37 Å². The van der Waals surface area contributed by atoms with Crippen molar-refractivity contribution in [3.8, 4) is 5.75 Å². The third kappa shape index (κ3) is 4.09. The van der Waals surface area contributed by atoms with Gasteiger partial charge >= 0.3 is 0 Å². The van der Waals surface area contributed by atoms with Crippen LogP contribution in [0, 0.1) is 5.82 Å². The highest BCUT2D eigenvalue weighted by Gasteiger charge is 2.11. The Bertz CT molecular complexity index is 910. The fourth-order valence-corrected chi connectivity index (χ4v) is 2.61. The van der Waals surface area contributed by atoms with Crippen molar-refractivity contribution in [1.82, 2.24) is 9.55 Å². The van der Waals surface area contributed by atoms with E-state index < -0.39 is 5.82 Å². The third-order valence-electron chi connectivity index (χ3n) is 3.74. The number of nitrogens with one attached hydrogen (secondary N) is 1. The van der Waals surface area contributed by atoms with Crippen LogP contribution in [0.2, 0.25) is 5.02 Å². The molecule has 0 saturated heterocycles. The van der Waals surface area contributed by atoms with Gasteiger partial charge in [0.15, 0.2) is 11.6 Å². The molecule has 1 heterocycles. The average molecular weight is 362 g/mol. The number of carbonyl (C=O) groups is 1. The Hall–Kier alpha value is -2.60. The maximum Gasteiger partial charge on any atom is 0.226 e. The number of anilines is 1. The summed E-state index contributed by atoms with van der Waals surface area (Å²) in [5, 5.41) is 3.36. The van der Waals surface area contributed by atoms with Crippen LogP contribution in [0.3, 0.4) is 0 Å². The van der Waals surface area contributed by atoms with Crippen LogP contribution in [0.1, 0.15) is 12.8 Å². The molecule has 0 bridgehead atoms. The number of aryl methyl sites for hydroxylation is 1. The number of nitrogens with zero attached hydrogens (tertiary/aromatic N) is 2. The second kappa shape index (κ2) is 7.53. The number of hydrogen-bond acceptors (Lipinski definition) is 3. The van der Waals surface area contributed by atoms with Gasteiger partial charge in [-0.05, 0) is 36.8 Å². The molecule has 0 unspecified atom stereocenters. The first kappa shape index (κ1) is 17.2. The number of carbonyl (C=O) groups excluding carboxylic acids is 1. The molecule has 0 fully saturated rings. The van der Waals surface area contributed by atoms with E-state index in [1.165, 1.54) is 6.07 Å². The lowest BCUT2D eigenvalue weighted by atomic mass is 10.3. The van der Waals surface area contributed by atoms with E-state index in [2.05, 4.69) is 10.3 Å². The number of rotatable bonds is 6. The molecule has 3 rings (SSSR count). The lowest BCUT2D eigenvalue weighted by molar-refractivity contribution is -0.116. The van der Waals surface area contributed by atoms with E-state index in [9.17, 15) is 9.18 Å². The maximum atomic E-state index is 13.4. The summed E-state index contributed by atoms with van der Waals surface area (Å²) < 4.78 is 20.5. The van der Waals surface area contributed by atoms with E-state index in [1.807, 2.05) is 13.1 Å². The number of aromatic nitrogens is 2. The van der Waals surface area contributed by atoms with Crippen LogP contribution in [-0.4, -0.2) is 22.1 Å². The molecule has 2 aromatic carbocycles. The molecule has 0 spiro atoms. The highest BCUT2D eigenvalue weighted by Crippen LogP contribution is 2.22. The molecule has 1 N–H and O–H groups in total. The molecule has 1 amide bonds. The Morgan fingerprint density at radius 3 is 2.92 bits per heavy atom. The lowest BCUT2D eigenvalue weighted by Gasteiger charge is -2.07. The quantitative estimate of drug-likeness (QED) is 0.670. The largest absolute Gasteiger partial charge is 0.491 e. The van der Waals surface area contributed by atoms with Crippen LogP contribution in [0.25, 0.3) is 11.0 Å². The van der Waals surface area contributed by atoms with Crippen LogP contribution in [0.4, 0.5) is 10.3 Å². The van der Waals surface area contributed by atoms with Crippen molar-refractivity contribution >= 4 is 34.5 Å². The van der Waals surface area contributed by atoms with Crippen molar-refractivity contribution in [3.63, 3.8) is 0 Å². The monoisotopic (exact) mass is 361 g/mol. The Labute approximate surface area is 149 Å². The van der Waals surface area contributed by atoms with Crippen molar-refractivity contribution in [2.24, 2.45) is 7.05 Å². The molecule has 0 saturated carbocycles. The van der Waals surface area contributed by atoms with Gasteiger partial charge in [0.25, 0.3) is 0 Å². The van der Waals surface area contributed by atoms with E-state index in [0.29, 0.717) is 22.9 Å². The molecule has 0 aliphatic rings. The molecule has 0 atom stereocenters. The molecule has 1 aromatic heterocycles. The van der Waals surface area contributed by atoms with E-state index >= 15 is 0 Å². The normalized spacial score (nSPS) is 10.8. The molecule has 0 radical (unpaired) electrons. The SMILES string of the molecule is Cn1c(NC(=O)CCCOc2ccccc2F)nc2cc(Cl)ccc21. The highest BCUT2D eigenvalue weighted by atomic mass is 35.5. The summed E-state index contributed by atoms with van der Waals surface area (Å²) in [6.07, 6.45) is 0.717. The zero-order valence-corrected chi connectivity index (χ0v) is 14.4. The summed E-state index contributed by atoms with van der Waals surface area (Å²) in [6, 6.07) is 11.6. The second-order valence-electron chi connectivity index (χ2n) is 5.56. The zero-order chi connectivity index (χ0) is 17.8. The van der Waals surface area contributed by atoms with Crippen LogP contribution < -0.4 is 10.1 Å². The Morgan fingerprint density at radius 1 is 1.32 bits per heavy atom. The Kier molecular flexibility index (Phi) is 5.19. The number of fused-ring (bicyclic) bond motifs is 1. The van der Waals surface area contributed by atoms with Gasteiger partial charge in [-0.2, -0.15) is 0 Å². The topological polar surface area (TPSA) is 56.2 Å². The number of halogens is 2. The van der Waals surface area contributed by atoms with Gasteiger partial charge in [0.1, 0.15) is 0 Å². The van der Waals surface area contributed by atoms with Crippen molar-refractivity contribution < 1.29 is 13.9 Å². The molecule has 3 aromatic rings. The van der Waals surface area contributed by atoms with Crippen molar-refractivity contribution in [2.75, 3.05) is 11.9 Å². The van der Waals surface area contributed by atoms with Gasteiger partial charge in [-0.15, -0.1) is 0 Å². The van der Waals surface area contributed by atoms with E-state index in [0.717, 1.165) is 5.52 Å². The van der Waals surface area contributed by atoms with Crippen molar-refractivity contribution in [1.29, 1.82) is 0 Å². The van der Waals surface area contributed by atoms with Crippen molar-refractivity contribution in [2.45, 2.75) is 12.8 Å². The average Bonchev–Trinajstić information content (AvgIpc) is 2.88. The van der Waals surface area contributed by atoms with Gasteiger partial charge in [-0.3, -0.25) is 10.1 Å². The summed E-state index contributed by atoms with van der Waals surface area (Å²) in [4.78, 5) is 16.4. The number of hydrogen-bond donors (Lipinski definition) is 1. The molecule has 130 valence electrons. The van der Waals surface area contributed by atoms with Gasteiger partial charge < -0.3 is 9.30 Å². The van der Waals surface area contributed by atoms with E-state index in [4.69, 9.17) is 16.3 Å². The molecule has 5 nitrogen and oxygen atoms in total. The smallest absolute Gasteiger partial charge is 0.226 e. The first-order valence-corrected chi connectivity index (χ1v) is 8.21. The summed E-state index contributed by atoms with van der Waals surface area (Å²) in [5.74, 6) is 0.0550. The minimum absolute atomic E-state index is 0.179. The number of para-hydroxylation sites is 1.